The number of aliphatic carboxylic acids is 1. The van der Waals surface area contributed by atoms with Gasteiger partial charge in [-0.15, -0.1) is 0 Å². The summed E-state index contributed by atoms with van der Waals surface area (Å²) in [5.74, 6) is -0.881. The molecule has 0 unspecified atom stereocenters. The zero-order valence-corrected chi connectivity index (χ0v) is 9.98. The molecule has 0 aliphatic carbocycles. The average Bonchev–Trinajstić information content (AvgIpc) is 2.02. The van der Waals surface area contributed by atoms with Crippen LogP contribution < -0.4 is 5.73 Å². The fourth-order valence-corrected chi connectivity index (χ4v) is 1.61. The lowest BCUT2D eigenvalue weighted by atomic mass is 9.90. The Morgan fingerprint density at radius 3 is 2.43 bits per heavy atom. The van der Waals surface area contributed by atoms with Gasteiger partial charge >= 0.3 is 5.97 Å². The van der Waals surface area contributed by atoms with Gasteiger partial charge in [-0.3, -0.25) is 4.79 Å². The first-order valence-corrected chi connectivity index (χ1v) is 5.26. The van der Waals surface area contributed by atoms with E-state index in [1.807, 2.05) is 24.3 Å². The molecule has 0 saturated heterocycles. The molecule has 0 aromatic heterocycles. The first kappa shape index (κ1) is 11.5. The summed E-state index contributed by atoms with van der Waals surface area (Å²) in [6.45, 7) is 1.73. The predicted octanol–water partition coefficient (Wildman–Crippen LogP) is 1.94. The van der Waals surface area contributed by atoms with E-state index in [2.05, 4.69) is 22.6 Å². The van der Waals surface area contributed by atoms with E-state index >= 15 is 0 Å². The molecule has 0 aliphatic heterocycles. The highest BCUT2D eigenvalue weighted by atomic mass is 127. The van der Waals surface area contributed by atoms with E-state index in [0.29, 0.717) is 0 Å². The lowest BCUT2D eigenvalue weighted by molar-refractivity contribution is -0.138. The zero-order valence-electron chi connectivity index (χ0n) is 7.83. The summed E-state index contributed by atoms with van der Waals surface area (Å²) in [6.07, 6.45) is -0.0619. The van der Waals surface area contributed by atoms with Crippen molar-refractivity contribution in [3.8, 4) is 0 Å². The fraction of sp³-hybridized carbons (Fsp3) is 0.300. The average molecular weight is 305 g/mol. The molecule has 76 valence electrons. The summed E-state index contributed by atoms with van der Waals surface area (Å²) in [5, 5.41) is 8.68. The number of nitrogens with two attached hydrogens (primary N) is 1. The topological polar surface area (TPSA) is 63.3 Å². The van der Waals surface area contributed by atoms with Crippen LogP contribution >= 0.6 is 22.6 Å². The number of carbonyl (C=O) groups is 1. The maximum Gasteiger partial charge on any atom is 0.305 e. The monoisotopic (exact) mass is 305 g/mol. The summed E-state index contributed by atoms with van der Waals surface area (Å²) in [6, 6.07) is 7.57. The number of hydrogen-bond acceptors (Lipinski definition) is 2. The highest BCUT2D eigenvalue weighted by Crippen LogP contribution is 2.22. The van der Waals surface area contributed by atoms with Crippen molar-refractivity contribution < 1.29 is 9.90 Å². The van der Waals surface area contributed by atoms with Gasteiger partial charge in [0.05, 0.1) is 6.42 Å². The molecule has 1 aromatic rings. The van der Waals surface area contributed by atoms with Crippen LogP contribution in [0.3, 0.4) is 0 Å². The number of rotatable bonds is 3. The van der Waals surface area contributed by atoms with Crippen molar-refractivity contribution in [2.45, 2.75) is 18.9 Å². The molecule has 0 amide bonds. The molecule has 0 radical (unpaired) electrons. The van der Waals surface area contributed by atoms with Crippen LogP contribution in [-0.2, 0) is 10.3 Å². The van der Waals surface area contributed by atoms with Gasteiger partial charge in [0, 0.05) is 9.11 Å². The Labute approximate surface area is 96.4 Å². The Hall–Kier alpha value is -0.620. The van der Waals surface area contributed by atoms with E-state index in [-0.39, 0.29) is 6.42 Å². The smallest absolute Gasteiger partial charge is 0.305 e. The Morgan fingerprint density at radius 1 is 1.50 bits per heavy atom. The number of benzene rings is 1. The second kappa shape index (κ2) is 4.27. The third-order valence-corrected chi connectivity index (χ3v) is 2.74. The van der Waals surface area contributed by atoms with Crippen molar-refractivity contribution in [3.05, 3.63) is 33.4 Å². The van der Waals surface area contributed by atoms with Gasteiger partial charge in [-0.1, -0.05) is 12.1 Å². The first-order chi connectivity index (χ1) is 6.42. The van der Waals surface area contributed by atoms with E-state index in [4.69, 9.17) is 10.8 Å². The van der Waals surface area contributed by atoms with E-state index in [0.717, 1.165) is 9.13 Å². The molecule has 0 bridgehead atoms. The van der Waals surface area contributed by atoms with E-state index in [9.17, 15) is 4.79 Å². The lowest BCUT2D eigenvalue weighted by Gasteiger charge is -2.22. The first-order valence-electron chi connectivity index (χ1n) is 4.18. The Balaban J connectivity index is 2.91. The zero-order chi connectivity index (χ0) is 10.8. The summed E-state index contributed by atoms with van der Waals surface area (Å²) in [7, 11) is 0. The van der Waals surface area contributed by atoms with Gasteiger partial charge in [0.15, 0.2) is 0 Å². The van der Waals surface area contributed by atoms with Crippen LogP contribution in [0.2, 0.25) is 0 Å². The molecular weight excluding hydrogens is 293 g/mol. The maximum absolute atomic E-state index is 10.6. The van der Waals surface area contributed by atoms with Gasteiger partial charge in [-0.25, -0.2) is 0 Å². The van der Waals surface area contributed by atoms with Crippen LogP contribution in [-0.4, -0.2) is 11.1 Å². The molecule has 3 nitrogen and oxygen atoms in total. The molecule has 0 spiro atoms. The number of carboxylic acid groups (broad SMARTS) is 1. The highest BCUT2D eigenvalue weighted by Gasteiger charge is 2.24. The SMILES string of the molecule is C[C@@](N)(CC(=O)O)c1ccc(I)cc1. The lowest BCUT2D eigenvalue weighted by Crippen LogP contribution is -2.35. The van der Waals surface area contributed by atoms with Crippen molar-refractivity contribution in [2.75, 3.05) is 0 Å². The minimum absolute atomic E-state index is 0.0619. The highest BCUT2D eigenvalue weighted by molar-refractivity contribution is 14.1. The van der Waals surface area contributed by atoms with Gasteiger partial charge in [-0.05, 0) is 47.2 Å². The van der Waals surface area contributed by atoms with Crippen LogP contribution in [0.4, 0.5) is 0 Å². The van der Waals surface area contributed by atoms with E-state index in [1.54, 1.807) is 6.92 Å². The van der Waals surface area contributed by atoms with Crippen molar-refractivity contribution in [3.63, 3.8) is 0 Å². The molecule has 0 fully saturated rings. The maximum atomic E-state index is 10.6. The molecule has 0 heterocycles. The van der Waals surface area contributed by atoms with Gasteiger partial charge in [0.2, 0.25) is 0 Å². The second-order valence-electron chi connectivity index (χ2n) is 3.49. The molecule has 1 aromatic carbocycles. The van der Waals surface area contributed by atoms with Gasteiger partial charge in [-0.2, -0.15) is 0 Å². The molecule has 0 saturated carbocycles. The molecular formula is C10H12INO2. The number of halogens is 1. The number of hydrogen-bond donors (Lipinski definition) is 2. The quantitative estimate of drug-likeness (QED) is 0.839. The summed E-state index contributed by atoms with van der Waals surface area (Å²) in [4.78, 5) is 10.6. The standard InChI is InChI=1S/C10H12INO2/c1-10(12,6-9(13)14)7-2-4-8(11)5-3-7/h2-5H,6,12H2,1H3,(H,13,14)/t10-/m1/s1. The van der Waals surface area contributed by atoms with Crippen LogP contribution in [0.5, 0.6) is 0 Å². The largest absolute Gasteiger partial charge is 0.481 e. The summed E-state index contributed by atoms with van der Waals surface area (Å²) < 4.78 is 1.11. The molecule has 0 aliphatic rings. The number of carboxylic acids is 1. The van der Waals surface area contributed by atoms with Gasteiger partial charge in [0.25, 0.3) is 0 Å². The Bertz CT molecular complexity index is 332. The minimum atomic E-state index is -0.881. The van der Waals surface area contributed by atoms with E-state index in [1.165, 1.54) is 0 Å². The fourth-order valence-electron chi connectivity index (χ4n) is 1.25. The van der Waals surface area contributed by atoms with Gasteiger partial charge in [0.1, 0.15) is 0 Å². The van der Waals surface area contributed by atoms with Crippen LogP contribution in [0, 0.1) is 3.57 Å². The molecule has 1 rings (SSSR count). The molecule has 14 heavy (non-hydrogen) atoms. The Kier molecular flexibility index (Phi) is 3.49. The Morgan fingerprint density at radius 2 is 2.00 bits per heavy atom. The second-order valence-corrected chi connectivity index (χ2v) is 4.74. The predicted molar refractivity (Wildman–Crippen MR) is 63.0 cm³/mol. The summed E-state index contributed by atoms with van der Waals surface area (Å²) in [5.41, 5.74) is 5.96. The third kappa shape index (κ3) is 2.95. The van der Waals surface area contributed by atoms with Crippen molar-refractivity contribution >= 4 is 28.6 Å². The van der Waals surface area contributed by atoms with Gasteiger partial charge < -0.3 is 10.8 Å². The van der Waals surface area contributed by atoms with Crippen molar-refractivity contribution in [2.24, 2.45) is 5.73 Å². The van der Waals surface area contributed by atoms with Crippen LogP contribution in [0.1, 0.15) is 18.9 Å². The third-order valence-electron chi connectivity index (χ3n) is 2.02. The normalized spacial score (nSPS) is 14.8. The molecule has 4 heteroatoms. The van der Waals surface area contributed by atoms with Crippen molar-refractivity contribution in [1.82, 2.24) is 0 Å². The minimum Gasteiger partial charge on any atom is -0.481 e. The van der Waals surface area contributed by atoms with E-state index < -0.39 is 11.5 Å². The molecule has 3 N–H and O–H groups in total. The molecule has 1 atom stereocenters. The van der Waals surface area contributed by atoms with Crippen molar-refractivity contribution in [1.29, 1.82) is 0 Å². The van der Waals surface area contributed by atoms with Crippen LogP contribution in [0.25, 0.3) is 0 Å². The van der Waals surface area contributed by atoms with Crippen LogP contribution in [0.15, 0.2) is 24.3 Å². The summed E-state index contributed by atoms with van der Waals surface area (Å²) >= 11 is 2.19.